The summed E-state index contributed by atoms with van der Waals surface area (Å²) in [5.41, 5.74) is 0. The molecule has 0 radical (unpaired) electrons. The quantitative estimate of drug-likeness (QED) is 0.607. The summed E-state index contributed by atoms with van der Waals surface area (Å²) in [7, 11) is 1.61. The van der Waals surface area contributed by atoms with Crippen molar-refractivity contribution in [2.24, 2.45) is 0 Å². The minimum atomic E-state index is -0.286. The van der Waals surface area contributed by atoms with Gasteiger partial charge in [-0.05, 0) is 19.3 Å². The topological polar surface area (TPSA) is 49.7 Å². The average molecular weight is 176 g/mol. The fourth-order valence-corrected chi connectivity index (χ4v) is 1.23. The second-order valence-electron chi connectivity index (χ2n) is 3.05. The highest BCUT2D eigenvalue weighted by atomic mass is 16.5. The van der Waals surface area contributed by atoms with Gasteiger partial charge in [0.2, 0.25) is 0 Å². The van der Waals surface area contributed by atoms with Crippen LogP contribution in [0.25, 0.3) is 0 Å². The molecule has 0 aromatic rings. The van der Waals surface area contributed by atoms with Gasteiger partial charge in [0.25, 0.3) is 0 Å². The molecule has 0 saturated carbocycles. The molecule has 0 aliphatic heterocycles. The second kappa shape index (κ2) is 7.53. The number of aliphatic hydroxyl groups is 2. The zero-order valence-electron chi connectivity index (χ0n) is 7.99. The third-order valence-corrected chi connectivity index (χ3v) is 1.94. The van der Waals surface area contributed by atoms with Crippen molar-refractivity contribution < 1.29 is 14.9 Å². The monoisotopic (exact) mass is 176 g/mol. The Kier molecular flexibility index (Phi) is 7.45. The molecule has 0 aliphatic rings. The van der Waals surface area contributed by atoms with Crippen LogP contribution in [0.2, 0.25) is 0 Å². The van der Waals surface area contributed by atoms with Crippen molar-refractivity contribution in [3.8, 4) is 0 Å². The minimum Gasteiger partial charge on any atom is -0.396 e. The van der Waals surface area contributed by atoms with Gasteiger partial charge < -0.3 is 14.9 Å². The van der Waals surface area contributed by atoms with E-state index in [4.69, 9.17) is 9.84 Å². The van der Waals surface area contributed by atoms with Gasteiger partial charge in [-0.25, -0.2) is 0 Å². The maximum absolute atomic E-state index is 9.42. The molecule has 0 saturated heterocycles. The minimum absolute atomic E-state index is 0.00319. The summed E-state index contributed by atoms with van der Waals surface area (Å²) in [6.07, 6.45) is 2.74. The van der Waals surface area contributed by atoms with Crippen molar-refractivity contribution in [3.63, 3.8) is 0 Å². The van der Waals surface area contributed by atoms with Crippen LogP contribution in [0.1, 0.15) is 32.6 Å². The first-order valence-electron chi connectivity index (χ1n) is 4.56. The Labute approximate surface area is 74.4 Å². The lowest BCUT2D eigenvalue weighted by molar-refractivity contribution is 0.0277. The Hall–Kier alpha value is -0.120. The SMILES string of the molecule is CCCC(O)CC(CCO)OC. The van der Waals surface area contributed by atoms with E-state index < -0.39 is 0 Å². The lowest BCUT2D eigenvalue weighted by Gasteiger charge is -2.17. The molecule has 0 heterocycles. The summed E-state index contributed by atoms with van der Waals surface area (Å²) >= 11 is 0. The molecule has 3 heteroatoms. The molecule has 0 bridgehead atoms. The highest BCUT2D eigenvalue weighted by Gasteiger charge is 2.12. The molecule has 0 aliphatic carbocycles. The molecular weight excluding hydrogens is 156 g/mol. The zero-order valence-corrected chi connectivity index (χ0v) is 7.99. The molecule has 74 valence electrons. The van der Waals surface area contributed by atoms with Crippen LogP contribution in [-0.4, -0.2) is 36.1 Å². The lowest BCUT2D eigenvalue weighted by atomic mass is 10.1. The molecule has 2 N–H and O–H groups in total. The highest BCUT2D eigenvalue weighted by Crippen LogP contribution is 2.09. The standard InChI is InChI=1S/C9H20O3/c1-3-4-8(11)7-9(12-2)5-6-10/h8-11H,3-7H2,1-2H3. The van der Waals surface area contributed by atoms with Gasteiger partial charge in [-0.3, -0.25) is 0 Å². The lowest BCUT2D eigenvalue weighted by Crippen LogP contribution is -2.20. The molecule has 0 aromatic carbocycles. The van der Waals surface area contributed by atoms with Gasteiger partial charge in [0.15, 0.2) is 0 Å². The van der Waals surface area contributed by atoms with E-state index >= 15 is 0 Å². The molecule has 0 fully saturated rings. The van der Waals surface area contributed by atoms with Gasteiger partial charge in [0, 0.05) is 13.7 Å². The fraction of sp³-hybridized carbons (Fsp3) is 1.00. The van der Waals surface area contributed by atoms with E-state index in [1.165, 1.54) is 0 Å². The van der Waals surface area contributed by atoms with E-state index in [1.54, 1.807) is 7.11 Å². The molecule has 0 aromatic heterocycles. The first-order chi connectivity index (χ1) is 5.74. The Morgan fingerprint density at radius 3 is 2.42 bits per heavy atom. The third kappa shape index (κ3) is 5.52. The van der Waals surface area contributed by atoms with Gasteiger partial charge in [-0.2, -0.15) is 0 Å². The summed E-state index contributed by atoms with van der Waals surface area (Å²) in [6, 6.07) is 0. The summed E-state index contributed by atoms with van der Waals surface area (Å²) in [4.78, 5) is 0. The molecule has 0 rings (SSSR count). The first-order valence-corrected chi connectivity index (χ1v) is 4.56. The van der Waals surface area contributed by atoms with Gasteiger partial charge in [-0.15, -0.1) is 0 Å². The zero-order chi connectivity index (χ0) is 9.40. The molecule has 12 heavy (non-hydrogen) atoms. The summed E-state index contributed by atoms with van der Waals surface area (Å²) in [6.45, 7) is 2.16. The van der Waals surface area contributed by atoms with Crippen molar-refractivity contribution in [1.29, 1.82) is 0 Å². The Morgan fingerprint density at radius 1 is 1.33 bits per heavy atom. The molecule has 2 atom stereocenters. The maximum atomic E-state index is 9.42. The van der Waals surface area contributed by atoms with E-state index in [9.17, 15) is 5.11 Å². The van der Waals surface area contributed by atoms with Gasteiger partial charge in [0.1, 0.15) is 0 Å². The highest BCUT2D eigenvalue weighted by molar-refractivity contribution is 4.64. The van der Waals surface area contributed by atoms with E-state index in [1.807, 2.05) is 6.92 Å². The smallest absolute Gasteiger partial charge is 0.0617 e. The number of aliphatic hydroxyl groups excluding tert-OH is 2. The van der Waals surface area contributed by atoms with Crippen LogP contribution in [0.15, 0.2) is 0 Å². The van der Waals surface area contributed by atoms with Crippen LogP contribution in [0.5, 0.6) is 0 Å². The van der Waals surface area contributed by atoms with Gasteiger partial charge >= 0.3 is 0 Å². The summed E-state index contributed by atoms with van der Waals surface area (Å²) < 4.78 is 5.09. The van der Waals surface area contributed by atoms with E-state index in [0.29, 0.717) is 12.8 Å². The van der Waals surface area contributed by atoms with E-state index in [-0.39, 0.29) is 18.8 Å². The fourth-order valence-electron chi connectivity index (χ4n) is 1.23. The van der Waals surface area contributed by atoms with E-state index in [2.05, 4.69) is 0 Å². The van der Waals surface area contributed by atoms with Crippen LogP contribution in [-0.2, 0) is 4.74 Å². The van der Waals surface area contributed by atoms with Crippen molar-refractivity contribution >= 4 is 0 Å². The number of rotatable bonds is 7. The summed E-state index contributed by atoms with van der Waals surface area (Å²) in [5.74, 6) is 0. The average Bonchev–Trinajstić information content (AvgIpc) is 2.04. The van der Waals surface area contributed by atoms with Crippen LogP contribution in [0, 0.1) is 0 Å². The second-order valence-corrected chi connectivity index (χ2v) is 3.05. The van der Waals surface area contributed by atoms with Crippen molar-refractivity contribution in [2.75, 3.05) is 13.7 Å². The molecule has 0 amide bonds. The normalized spacial score (nSPS) is 16.0. The van der Waals surface area contributed by atoms with Crippen molar-refractivity contribution in [3.05, 3.63) is 0 Å². The number of hydrogen-bond acceptors (Lipinski definition) is 3. The largest absolute Gasteiger partial charge is 0.396 e. The number of ether oxygens (including phenoxy) is 1. The molecule has 2 unspecified atom stereocenters. The predicted molar refractivity (Wildman–Crippen MR) is 48.0 cm³/mol. The van der Waals surface area contributed by atoms with Crippen LogP contribution in [0.4, 0.5) is 0 Å². The molecular formula is C9H20O3. The Morgan fingerprint density at radius 2 is 2.00 bits per heavy atom. The van der Waals surface area contributed by atoms with Crippen molar-refractivity contribution in [1.82, 2.24) is 0 Å². The van der Waals surface area contributed by atoms with Crippen LogP contribution < -0.4 is 0 Å². The molecule has 0 spiro atoms. The number of hydrogen-bond donors (Lipinski definition) is 2. The Bertz CT molecular complexity index is 95.8. The van der Waals surface area contributed by atoms with Gasteiger partial charge in [0.05, 0.1) is 12.2 Å². The molecule has 3 nitrogen and oxygen atoms in total. The number of methoxy groups -OCH3 is 1. The van der Waals surface area contributed by atoms with Crippen LogP contribution in [0.3, 0.4) is 0 Å². The summed E-state index contributed by atoms with van der Waals surface area (Å²) in [5, 5.41) is 18.1. The van der Waals surface area contributed by atoms with Gasteiger partial charge in [-0.1, -0.05) is 13.3 Å². The van der Waals surface area contributed by atoms with E-state index in [0.717, 1.165) is 12.8 Å². The maximum Gasteiger partial charge on any atom is 0.0617 e. The Balaban J connectivity index is 3.53. The predicted octanol–water partition coefficient (Wildman–Crippen LogP) is 0.935. The first kappa shape index (κ1) is 11.9. The van der Waals surface area contributed by atoms with Crippen molar-refractivity contribution in [2.45, 2.75) is 44.8 Å². The third-order valence-electron chi connectivity index (χ3n) is 1.94. The van der Waals surface area contributed by atoms with Crippen LogP contribution >= 0.6 is 0 Å².